The second-order valence-electron chi connectivity index (χ2n) is 10.6. The molecule has 3 aliphatic rings. The van der Waals surface area contributed by atoms with Crippen molar-refractivity contribution in [1.29, 1.82) is 0 Å². The number of nitrogens with one attached hydrogen (secondary N) is 1. The number of benzene rings is 2. The lowest BCUT2D eigenvalue weighted by Crippen LogP contribution is -2.51. The van der Waals surface area contributed by atoms with Crippen LogP contribution in [0.5, 0.6) is 11.9 Å². The van der Waals surface area contributed by atoms with E-state index >= 15 is 0 Å². The Labute approximate surface area is 251 Å². The van der Waals surface area contributed by atoms with E-state index in [1.807, 2.05) is 17.6 Å². The van der Waals surface area contributed by atoms with Gasteiger partial charge in [-0.1, -0.05) is 48.2 Å². The number of nitrogens with zero attached hydrogens (tertiary/aromatic N) is 5. The van der Waals surface area contributed by atoms with E-state index in [2.05, 4.69) is 15.3 Å². The Bertz CT molecular complexity index is 1800. The molecule has 1 fully saturated rings. The number of anilines is 2. The predicted molar refractivity (Wildman–Crippen MR) is 158 cm³/mol. The van der Waals surface area contributed by atoms with Gasteiger partial charge in [-0.25, -0.2) is 9.97 Å². The Morgan fingerprint density at radius 1 is 1.00 bits per heavy atom. The summed E-state index contributed by atoms with van der Waals surface area (Å²) in [5, 5.41) is 3.92. The van der Waals surface area contributed by atoms with Gasteiger partial charge < -0.3 is 19.4 Å². The van der Waals surface area contributed by atoms with Gasteiger partial charge in [-0.2, -0.15) is 4.98 Å². The predicted octanol–water partition coefficient (Wildman–Crippen LogP) is 5.94. The third kappa shape index (κ3) is 3.61. The number of halogens is 2. The number of methoxy groups -OCH3 is 2. The van der Waals surface area contributed by atoms with Crippen molar-refractivity contribution in [3.63, 3.8) is 0 Å². The van der Waals surface area contributed by atoms with Crippen LogP contribution in [0.2, 0.25) is 10.0 Å². The van der Waals surface area contributed by atoms with Gasteiger partial charge in [-0.3, -0.25) is 14.5 Å². The average Bonchev–Trinajstić information content (AvgIpc) is 3.74. The highest BCUT2D eigenvalue weighted by molar-refractivity contribution is 6.32. The zero-order valence-electron chi connectivity index (χ0n) is 23.1. The molecule has 2 amide bonds. The number of carbonyl (C=O) groups is 2. The third-order valence-corrected chi connectivity index (χ3v) is 8.86. The summed E-state index contributed by atoms with van der Waals surface area (Å²) in [5.74, 6) is -0.0942. The summed E-state index contributed by atoms with van der Waals surface area (Å²) in [6, 6.07) is 10.6. The maximum atomic E-state index is 14.6. The first-order valence-electron chi connectivity index (χ1n) is 13.6. The molecule has 12 heteroatoms. The number of imidazole rings is 1. The maximum absolute atomic E-state index is 14.6. The SMILES string of the molecule is COc1ncc(-c2nc3c(n2C2CCCC2)C2(C(=O)Nc4cc(Cl)ccc42)N(c2cc(Cl)ccc2C)C3=O)c(OC)n1. The summed E-state index contributed by atoms with van der Waals surface area (Å²) < 4.78 is 12.9. The molecule has 1 atom stereocenters. The van der Waals surface area contributed by atoms with E-state index in [0.717, 1.165) is 31.2 Å². The van der Waals surface area contributed by atoms with Crippen molar-refractivity contribution in [2.45, 2.75) is 44.2 Å². The molecule has 1 spiro atoms. The van der Waals surface area contributed by atoms with E-state index in [1.165, 1.54) is 19.1 Å². The van der Waals surface area contributed by atoms with Crippen LogP contribution in [0.15, 0.2) is 42.6 Å². The first-order valence-corrected chi connectivity index (χ1v) is 14.4. The van der Waals surface area contributed by atoms with Crippen molar-refractivity contribution in [2.24, 2.45) is 0 Å². The molecule has 214 valence electrons. The van der Waals surface area contributed by atoms with Gasteiger partial charge in [0.1, 0.15) is 5.82 Å². The van der Waals surface area contributed by atoms with E-state index in [0.29, 0.717) is 44.1 Å². The van der Waals surface area contributed by atoms with Crippen LogP contribution in [-0.2, 0) is 10.3 Å². The van der Waals surface area contributed by atoms with Crippen molar-refractivity contribution >= 4 is 46.4 Å². The molecule has 1 N–H and O–H groups in total. The van der Waals surface area contributed by atoms with Crippen LogP contribution < -0.4 is 19.7 Å². The molecule has 2 aromatic heterocycles. The fourth-order valence-electron chi connectivity index (χ4n) is 6.60. The number of hydrogen-bond acceptors (Lipinski definition) is 7. The number of aromatic nitrogens is 4. The zero-order valence-corrected chi connectivity index (χ0v) is 24.6. The molecule has 2 aliphatic heterocycles. The van der Waals surface area contributed by atoms with E-state index in [-0.39, 0.29) is 29.5 Å². The maximum Gasteiger partial charge on any atom is 0.319 e. The lowest BCUT2D eigenvalue weighted by atomic mass is 9.86. The normalized spacial score (nSPS) is 19.4. The van der Waals surface area contributed by atoms with Gasteiger partial charge in [0.25, 0.3) is 11.8 Å². The number of carbonyl (C=O) groups excluding carboxylic acids is 2. The van der Waals surface area contributed by atoms with Gasteiger partial charge in [0.15, 0.2) is 11.2 Å². The van der Waals surface area contributed by atoms with Crippen LogP contribution in [0.4, 0.5) is 11.4 Å². The Kier molecular flexibility index (Phi) is 6.18. The molecule has 0 saturated heterocycles. The minimum absolute atomic E-state index is 0.0303. The van der Waals surface area contributed by atoms with Gasteiger partial charge >= 0.3 is 6.01 Å². The monoisotopic (exact) mass is 604 g/mol. The van der Waals surface area contributed by atoms with E-state index in [9.17, 15) is 9.59 Å². The van der Waals surface area contributed by atoms with Crippen molar-refractivity contribution in [3.05, 3.63) is 75.2 Å². The lowest BCUT2D eigenvalue weighted by molar-refractivity contribution is -0.119. The van der Waals surface area contributed by atoms with Gasteiger partial charge in [-0.05, 0) is 49.6 Å². The molecule has 0 bridgehead atoms. The second-order valence-corrected chi connectivity index (χ2v) is 11.5. The van der Waals surface area contributed by atoms with Crippen molar-refractivity contribution < 1.29 is 19.1 Å². The molecule has 42 heavy (non-hydrogen) atoms. The summed E-state index contributed by atoms with van der Waals surface area (Å²) in [5.41, 5.74) is 2.02. The molecular formula is C30H26Cl2N6O4. The smallest absolute Gasteiger partial charge is 0.319 e. The second kappa shape index (κ2) is 9.71. The van der Waals surface area contributed by atoms with Crippen LogP contribution in [0.25, 0.3) is 11.4 Å². The van der Waals surface area contributed by atoms with Gasteiger partial charge in [0, 0.05) is 33.5 Å². The quantitative estimate of drug-likeness (QED) is 0.300. The molecular weight excluding hydrogens is 579 g/mol. The highest BCUT2D eigenvalue weighted by Gasteiger charge is 2.64. The van der Waals surface area contributed by atoms with E-state index in [1.54, 1.807) is 36.5 Å². The van der Waals surface area contributed by atoms with Crippen molar-refractivity contribution in [2.75, 3.05) is 24.4 Å². The number of fused-ring (bicyclic) bond motifs is 4. The molecule has 1 saturated carbocycles. The topological polar surface area (TPSA) is 111 Å². The summed E-state index contributed by atoms with van der Waals surface area (Å²) in [4.78, 5) is 44.3. The summed E-state index contributed by atoms with van der Waals surface area (Å²) >= 11 is 12.8. The van der Waals surface area contributed by atoms with Crippen molar-refractivity contribution in [1.82, 2.24) is 19.5 Å². The molecule has 4 heterocycles. The summed E-state index contributed by atoms with van der Waals surface area (Å²) in [7, 11) is 2.97. The fraction of sp³-hybridized carbons (Fsp3) is 0.300. The standard InChI is InChI=1S/C30H26Cl2N6O4/c1-15-8-9-17(32)13-22(15)38-27(39)23-24(30(38)20-11-10-16(31)12-21(20)34-28(30)40)37(18-6-4-5-7-18)25(35-23)19-14-33-29(42-3)36-26(19)41-2/h8-14,18H,4-7H2,1-3H3,(H,34,40). The minimum Gasteiger partial charge on any atom is -0.480 e. The number of ether oxygens (including phenoxy) is 2. The Balaban J connectivity index is 1.59. The molecule has 1 unspecified atom stereocenters. The first-order chi connectivity index (χ1) is 20.3. The molecule has 2 aromatic carbocycles. The highest BCUT2D eigenvalue weighted by atomic mass is 35.5. The van der Waals surface area contributed by atoms with Crippen LogP contribution in [0, 0.1) is 6.92 Å². The Morgan fingerprint density at radius 2 is 1.74 bits per heavy atom. The number of aryl methyl sites for hydroxylation is 1. The number of amides is 2. The zero-order chi connectivity index (χ0) is 29.3. The van der Waals surface area contributed by atoms with E-state index in [4.69, 9.17) is 37.7 Å². The molecule has 7 rings (SSSR count). The lowest BCUT2D eigenvalue weighted by Gasteiger charge is -2.36. The van der Waals surface area contributed by atoms with Gasteiger partial charge in [0.2, 0.25) is 5.88 Å². The third-order valence-electron chi connectivity index (χ3n) is 8.39. The molecule has 0 radical (unpaired) electrons. The minimum atomic E-state index is -1.57. The van der Waals surface area contributed by atoms with Crippen LogP contribution in [0.1, 0.15) is 59.0 Å². The van der Waals surface area contributed by atoms with Crippen LogP contribution in [-0.4, -0.2) is 45.6 Å². The highest BCUT2D eigenvalue weighted by Crippen LogP contribution is 2.56. The summed E-state index contributed by atoms with van der Waals surface area (Å²) in [6.07, 6.45) is 5.29. The van der Waals surface area contributed by atoms with Crippen LogP contribution in [0.3, 0.4) is 0 Å². The van der Waals surface area contributed by atoms with Gasteiger partial charge in [-0.15, -0.1) is 0 Å². The molecule has 1 aliphatic carbocycles. The van der Waals surface area contributed by atoms with Gasteiger partial charge in [0.05, 0.1) is 31.2 Å². The number of hydrogen-bond donors (Lipinski definition) is 1. The van der Waals surface area contributed by atoms with Crippen molar-refractivity contribution in [3.8, 4) is 23.3 Å². The molecule has 4 aromatic rings. The first kappa shape index (κ1) is 26.7. The summed E-state index contributed by atoms with van der Waals surface area (Å²) in [6.45, 7) is 1.88. The fourth-order valence-corrected chi connectivity index (χ4v) is 6.94. The molecule has 10 nitrogen and oxygen atoms in total. The van der Waals surface area contributed by atoms with Crippen LogP contribution >= 0.6 is 23.2 Å². The van der Waals surface area contributed by atoms with E-state index < -0.39 is 11.4 Å². The Morgan fingerprint density at radius 3 is 2.48 bits per heavy atom. The number of rotatable bonds is 5. The largest absolute Gasteiger partial charge is 0.480 e. The average molecular weight is 605 g/mol. The Hall–Kier alpha value is -4.15.